The van der Waals surface area contributed by atoms with E-state index in [4.69, 9.17) is 0 Å². The number of likely N-dealkylation sites (tertiary alicyclic amines) is 1. The highest BCUT2D eigenvalue weighted by atomic mass is 16.1. The Balaban J connectivity index is 1.49. The first-order valence-corrected chi connectivity index (χ1v) is 8.34. The third-order valence-electron chi connectivity index (χ3n) is 4.49. The average Bonchev–Trinajstić information content (AvgIpc) is 2.56. The number of piperidine rings is 1. The molecule has 0 unspecified atom stereocenters. The summed E-state index contributed by atoms with van der Waals surface area (Å²) in [5.74, 6) is 0.289. The zero-order chi connectivity index (χ0) is 16.1. The van der Waals surface area contributed by atoms with Crippen molar-refractivity contribution in [1.82, 2.24) is 4.90 Å². The lowest BCUT2D eigenvalue weighted by atomic mass is 9.95. The molecule has 120 valence electrons. The van der Waals surface area contributed by atoms with E-state index in [2.05, 4.69) is 34.5 Å². The highest BCUT2D eigenvalue weighted by Crippen LogP contribution is 2.21. The van der Waals surface area contributed by atoms with Gasteiger partial charge in [0.15, 0.2) is 0 Å². The van der Waals surface area contributed by atoms with Crippen molar-refractivity contribution in [1.29, 1.82) is 0 Å². The minimum atomic E-state index is 0.127. The Morgan fingerprint density at radius 2 is 1.83 bits per heavy atom. The molecule has 0 aliphatic carbocycles. The molecule has 1 heterocycles. The van der Waals surface area contributed by atoms with Crippen LogP contribution in [0.3, 0.4) is 0 Å². The van der Waals surface area contributed by atoms with Crippen LogP contribution in [0.4, 0.5) is 5.69 Å². The van der Waals surface area contributed by atoms with Crippen LogP contribution in [0.25, 0.3) is 0 Å². The minimum absolute atomic E-state index is 0.127. The predicted octanol–water partition coefficient (Wildman–Crippen LogP) is 3.85. The minimum Gasteiger partial charge on any atom is -0.326 e. The molecular formula is C20H24N2O. The van der Waals surface area contributed by atoms with Crippen molar-refractivity contribution >= 4 is 11.6 Å². The number of amides is 1. The molecule has 0 aromatic heterocycles. The molecule has 3 nitrogen and oxygen atoms in total. The van der Waals surface area contributed by atoms with Crippen LogP contribution in [0.1, 0.15) is 24.0 Å². The number of rotatable bonds is 4. The summed E-state index contributed by atoms with van der Waals surface area (Å²) in [6.45, 7) is 4.99. The van der Waals surface area contributed by atoms with Gasteiger partial charge in [-0.05, 0) is 56.1 Å². The van der Waals surface area contributed by atoms with Crippen molar-refractivity contribution in [3.05, 3.63) is 65.7 Å². The smallest absolute Gasteiger partial charge is 0.227 e. The third-order valence-corrected chi connectivity index (χ3v) is 4.49. The molecule has 1 amide bonds. The molecule has 2 aromatic rings. The molecule has 0 saturated carbocycles. The zero-order valence-electron chi connectivity index (χ0n) is 13.7. The first-order chi connectivity index (χ1) is 11.2. The van der Waals surface area contributed by atoms with Gasteiger partial charge in [-0.25, -0.2) is 0 Å². The summed E-state index contributed by atoms with van der Waals surface area (Å²) in [6, 6.07) is 18.5. The molecule has 0 spiro atoms. The Hall–Kier alpha value is -2.13. The molecule has 0 bridgehead atoms. The fourth-order valence-corrected chi connectivity index (χ4v) is 3.16. The molecule has 1 aliphatic rings. The zero-order valence-corrected chi connectivity index (χ0v) is 13.7. The van der Waals surface area contributed by atoms with Gasteiger partial charge >= 0.3 is 0 Å². The predicted molar refractivity (Wildman–Crippen MR) is 94.3 cm³/mol. The lowest BCUT2D eigenvalue weighted by Gasteiger charge is -2.31. The Kier molecular flexibility index (Phi) is 5.09. The summed E-state index contributed by atoms with van der Waals surface area (Å²) in [4.78, 5) is 14.9. The van der Waals surface area contributed by atoms with E-state index in [0.717, 1.165) is 38.2 Å². The van der Waals surface area contributed by atoms with Gasteiger partial charge in [0.2, 0.25) is 5.91 Å². The summed E-state index contributed by atoms with van der Waals surface area (Å²) in [5.41, 5.74) is 3.41. The SMILES string of the molecule is Cc1cccc(NC(=O)C2CCN(Cc3ccccc3)CC2)c1. The van der Waals surface area contributed by atoms with Crippen LogP contribution in [0.15, 0.2) is 54.6 Å². The van der Waals surface area contributed by atoms with Gasteiger partial charge < -0.3 is 5.32 Å². The molecule has 23 heavy (non-hydrogen) atoms. The summed E-state index contributed by atoms with van der Waals surface area (Å²) >= 11 is 0. The van der Waals surface area contributed by atoms with E-state index in [1.165, 1.54) is 11.1 Å². The molecule has 1 saturated heterocycles. The van der Waals surface area contributed by atoms with E-state index in [1.807, 2.05) is 37.3 Å². The highest BCUT2D eigenvalue weighted by Gasteiger charge is 2.24. The normalized spacial score (nSPS) is 16.2. The first-order valence-electron chi connectivity index (χ1n) is 8.34. The van der Waals surface area contributed by atoms with Gasteiger partial charge in [0.25, 0.3) is 0 Å². The van der Waals surface area contributed by atoms with E-state index in [1.54, 1.807) is 0 Å². The Bertz CT molecular complexity index is 646. The molecule has 1 N–H and O–H groups in total. The van der Waals surface area contributed by atoms with Crippen molar-refractivity contribution in [2.75, 3.05) is 18.4 Å². The number of aryl methyl sites for hydroxylation is 1. The van der Waals surface area contributed by atoms with Gasteiger partial charge in [0, 0.05) is 18.2 Å². The van der Waals surface area contributed by atoms with Gasteiger partial charge in [0.05, 0.1) is 0 Å². The molecule has 2 aromatic carbocycles. The van der Waals surface area contributed by atoms with Crippen LogP contribution in [-0.4, -0.2) is 23.9 Å². The largest absolute Gasteiger partial charge is 0.326 e. The summed E-state index contributed by atoms with van der Waals surface area (Å²) in [5, 5.41) is 3.06. The number of benzene rings is 2. The Morgan fingerprint density at radius 1 is 1.09 bits per heavy atom. The molecule has 0 atom stereocenters. The summed E-state index contributed by atoms with van der Waals surface area (Å²) in [7, 11) is 0. The number of nitrogens with zero attached hydrogens (tertiary/aromatic N) is 1. The van der Waals surface area contributed by atoms with Gasteiger partial charge in [-0.3, -0.25) is 9.69 Å². The Morgan fingerprint density at radius 3 is 2.52 bits per heavy atom. The van der Waals surface area contributed by atoms with E-state index in [-0.39, 0.29) is 11.8 Å². The van der Waals surface area contributed by atoms with Crippen LogP contribution in [0.2, 0.25) is 0 Å². The second-order valence-electron chi connectivity index (χ2n) is 6.39. The van der Waals surface area contributed by atoms with E-state index in [9.17, 15) is 4.79 Å². The number of anilines is 1. The standard InChI is InChI=1S/C20H24N2O/c1-16-6-5-9-19(14-16)21-20(23)18-10-12-22(13-11-18)15-17-7-3-2-4-8-17/h2-9,14,18H,10-13,15H2,1H3,(H,21,23). The van der Waals surface area contributed by atoms with E-state index in [0.29, 0.717) is 0 Å². The second kappa shape index (κ2) is 7.42. The molecule has 0 radical (unpaired) electrons. The number of hydrogen-bond acceptors (Lipinski definition) is 2. The van der Waals surface area contributed by atoms with E-state index < -0.39 is 0 Å². The first kappa shape index (κ1) is 15.8. The van der Waals surface area contributed by atoms with Crippen molar-refractivity contribution < 1.29 is 4.79 Å². The number of hydrogen-bond donors (Lipinski definition) is 1. The quantitative estimate of drug-likeness (QED) is 0.930. The number of nitrogens with one attached hydrogen (secondary N) is 1. The molecule has 1 fully saturated rings. The highest BCUT2D eigenvalue weighted by molar-refractivity contribution is 5.92. The van der Waals surface area contributed by atoms with Gasteiger partial charge in [0.1, 0.15) is 0 Å². The molecule has 1 aliphatic heterocycles. The number of carbonyl (C=O) groups is 1. The van der Waals surface area contributed by atoms with Crippen LogP contribution in [0, 0.1) is 12.8 Å². The van der Waals surface area contributed by atoms with Gasteiger partial charge in [-0.1, -0.05) is 42.5 Å². The maximum Gasteiger partial charge on any atom is 0.227 e. The van der Waals surface area contributed by atoms with Crippen LogP contribution < -0.4 is 5.32 Å². The van der Waals surface area contributed by atoms with Crippen molar-refractivity contribution in [2.24, 2.45) is 5.92 Å². The lowest BCUT2D eigenvalue weighted by Crippen LogP contribution is -2.37. The van der Waals surface area contributed by atoms with Crippen LogP contribution in [0.5, 0.6) is 0 Å². The number of carbonyl (C=O) groups excluding carboxylic acids is 1. The Labute approximate surface area is 138 Å². The fourth-order valence-electron chi connectivity index (χ4n) is 3.16. The molecular weight excluding hydrogens is 284 g/mol. The van der Waals surface area contributed by atoms with Crippen molar-refractivity contribution in [3.63, 3.8) is 0 Å². The van der Waals surface area contributed by atoms with Crippen molar-refractivity contribution in [3.8, 4) is 0 Å². The van der Waals surface area contributed by atoms with Gasteiger partial charge in [-0.2, -0.15) is 0 Å². The van der Waals surface area contributed by atoms with Crippen LogP contribution in [-0.2, 0) is 11.3 Å². The maximum absolute atomic E-state index is 12.4. The molecule has 3 rings (SSSR count). The monoisotopic (exact) mass is 308 g/mol. The van der Waals surface area contributed by atoms with Crippen LogP contribution >= 0.6 is 0 Å². The lowest BCUT2D eigenvalue weighted by molar-refractivity contribution is -0.121. The topological polar surface area (TPSA) is 32.3 Å². The third kappa shape index (κ3) is 4.42. The van der Waals surface area contributed by atoms with E-state index >= 15 is 0 Å². The summed E-state index contributed by atoms with van der Waals surface area (Å²) < 4.78 is 0. The van der Waals surface area contributed by atoms with Gasteiger partial charge in [-0.15, -0.1) is 0 Å². The fraction of sp³-hybridized carbons (Fsp3) is 0.350. The average molecular weight is 308 g/mol. The summed E-state index contributed by atoms with van der Waals surface area (Å²) in [6.07, 6.45) is 1.87. The maximum atomic E-state index is 12.4. The van der Waals surface area contributed by atoms with Crippen molar-refractivity contribution in [2.45, 2.75) is 26.3 Å². The second-order valence-corrected chi connectivity index (χ2v) is 6.39. The molecule has 3 heteroatoms.